The molecule has 0 amide bonds. The minimum atomic E-state index is -0.307. The fourth-order valence-electron chi connectivity index (χ4n) is 3.10. The van der Waals surface area contributed by atoms with Crippen molar-refractivity contribution in [2.45, 2.75) is 26.9 Å². The lowest BCUT2D eigenvalue weighted by Crippen LogP contribution is -2.27. The lowest BCUT2D eigenvalue weighted by molar-refractivity contribution is 0.140. The topological polar surface area (TPSA) is 42.7 Å². The van der Waals surface area contributed by atoms with E-state index in [4.69, 9.17) is 9.15 Å². The molecule has 2 aromatic carbocycles. The second-order valence-corrected chi connectivity index (χ2v) is 6.78. The van der Waals surface area contributed by atoms with Gasteiger partial charge in [0.25, 0.3) is 0 Å². The van der Waals surface area contributed by atoms with E-state index < -0.39 is 0 Å². The maximum absolute atomic E-state index is 12.0. The van der Waals surface area contributed by atoms with Gasteiger partial charge in [-0.05, 0) is 37.1 Å². The Morgan fingerprint density at radius 1 is 0.962 bits per heavy atom. The summed E-state index contributed by atoms with van der Waals surface area (Å²) in [4.78, 5) is 14.3. The van der Waals surface area contributed by atoms with Crippen molar-refractivity contribution >= 4 is 11.0 Å². The lowest BCUT2D eigenvalue weighted by atomic mass is 10.1. The van der Waals surface area contributed by atoms with Crippen LogP contribution in [0.1, 0.15) is 22.3 Å². The zero-order valence-corrected chi connectivity index (χ0v) is 15.6. The number of fused-ring (bicyclic) bond motifs is 1. The van der Waals surface area contributed by atoms with Crippen LogP contribution in [0.2, 0.25) is 0 Å². The normalized spacial score (nSPS) is 11.4. The molecule has 3 rings (SSSR count). The Balaban J connectivity index is 1.90. The summed E-state index contributed by atoms with van der Waals surface area (Å²) < 4.78 is 10.6. The fraction of sp³-hybridized carbons (Fsp3) is 0.318. The Kier molecular flexibility index (Phi) is 5.86. The molecule has 136 valence electrons. The molecule has 4 heteroatoms. The summed E-state index contributed by atoms with van der Waals surface area (Å²) in [5.41, 5.74) is 4.96. The minimum Gasteiger partial charge on any atom is -0.423 e. The van der Waals surface area contributed by atoms with Crippen LogP contribution in [0.4, 0.5) is 0 Å². The number of hydrogen-bond donors (Lipinski definition) is 0. The van der Waals surface area contributed by atoms with Gasteiger partial charge < -0.3 is 9.15 Å². The zero-order valence-electron chi connectivity index (χ0n) is 15.6. The maximum atomic E-state index is 12.0. The highest BCUT2D eigenvalue weighted by Crippen LogP contribution is 2.21. The van der Waals surface area contributed by atoms with E-state index in [9.17, 15) is 4.79 Å². The summed E-state index contributed by atoms with van der Waals surface area (Å²) in [6, 6.07) is 16.1. The van der Waals surface area contributed by atoms with Gasteiger partial charge in [0.05, 0.1) is 6.61 Å². The first kappa shape index (κ1) is 18.4. The molecule has 0 fully saturated rings. The Labute approximate surface area is 154 Å². The zero-order chi connectivity index (χ0) is 18.5. The molecule has 0 bridgehead atoms. The van der Waals surface area contributed by atoms with E-state index in [0.717, 1.165) is 29.6 Å². The highest BCUT2D eigenvalue weighted by molar-refractivity contribution is 5.80. The van der Waals surface area contributed by atoms with Crippen molar-refractivity contribution in [3.63, 3.8) is 0 Å². The van der Waals surface area contributed by atoms with Gasteiger partial charge >= 0.3 is 5.63 Å². The molecular formula is C22H25NO3. The van der Waals surface area contributed by atoms with Crippen molar-refractivity contribution in [3.8, 4) is 0 Å². The number of rotatable bonds is 7. The first-order valence-electron chi connectivity index (χ1n) is 8.85. The summed E-state index contributed by atoms with van der Waals surface area (Å²) in [7, 11) is 1.71. The van der Waals surface area contributed by atoms with Gasteiger partial charge in [0.2, 0.25) is 0 Å². The predicted molar refractivity (Wildman–Crippen MR) is 104 cm³/mol. The van der Waals surface area contributed by atoms with Crippen LogP contribution in [0.15, 0.2) is 57.7 Å². The molecule has 0 aliphatic heterocycles. The van der Waals surface area contributed by atoms with Crippen molar-refractivity contribution in [1.82, 2.24) is 4.90 Å². The molecule has 0 aliphatic carbocycles. The fourth-order valence-corrected chi connectivity index (χ4v) is 3.10. The van der Waals surface area contributed by atoms with Gasteiger partial charge in [-0.2, -0.15) is 0 Å². The van der Waals surface area contributed by atoms with Crippen molar-refractivity contribution in [2.75, 3.05) is 20.3 Å². The molecule has 0 radical (unpaired) electrons. The number of hydrogen-bond acceptors (Lipinski definition) is 4. The third-order valence-corrected chi connectivity index (χ3v) is 4.52. The van der Waals surface area contributed by atoms with Gasteiger partial charge in [-0.25, -0.2) is 4.79 Å². The Morgan fingerprint density at radius 3 is 2.42 bits per heavy atom. The number of ether oxygens (including phenoxy) is 1. The Hall–Kier alpha value is -2.43. The van der Waals surface area contributed by atoms with Crippen molar-refractivity contribution in [3.05, 3.63) is 81.2 Å². The summed E-state index contributed by atoms with van der Waals surface area (Å²) in [5, 5.41) is 0.996. The predicted octanol–water partition coefficient (Wildman–Crippen LogP) is 4.06. The monoisotopic (exact) mass is 351 g/mol. The molecule has 0 spiro atoms. The second kappa shape index (κ2) is 8.30. The number of aryl methyl sites for hydroxylation is 2. The molecule has 0 aliphatic rings. The molecule has 0 N–H and O–H groups in total. The average Bonchev–Trinajstić information content (AvgIpc) is 2.62. The van der Waals surface area contributed by atoms with Crippen LogP contribution in [0.5, 0.6) is 0 Å². The molecule has 0 saturated carbocycles. The molecule has 26 heavy (non-hydrogen) atoms. The van der Waals surface area contributed by atoms with E-state index >= 15 is 0 Å². The van der Waals surface area contributed by atoms with Crippen LogP contribution in [0.3, 0.4) is 0 Å². The van der Waals surface area contributed by atoms with Gasteiger partial charge in [-0.3, -0.25) is 4.90 Å². The largest absolute Gasteiger partial charge is 0.423 e. The van der Waals surface area contributed by atoms with E-state index in [1.165, 1.54) is 11.1 Å². The van der Waals surface area contributed by atoms with E-state index in [2.05, 4.69) is 42.2 Å². The van der Waals surface area contributed by atoms with Crippen LogP contribution in [-0.4, -0.2) is 25.2 Å². The Bertz CT molecular complexity index is 928. The first-order chi connectivity index (χ1) is 12.5. The van der Waals surface area contributed by atoms with Crippen LogP contribution < -0.4 is 5.63 Å². The summed E-state index contributed by atoms with van der Waals surface area (Å²) >= 11 is 0. The van der Waals surface area contributed by atoms with E-state index in [1.807, 2.05) is 19.1 Å². The molecule has 3 aromatic rings. The van der Waals surface area contributed by atoms with Gasteiger partial charge in [-0.15, -0.1) is 0 Å². The molecule has 4 nitrogen and oxygen atoms in total. The summed E-state index contributed by atoms with van der Waals surface area (Å²) in [6.07, 6.45) is 0. The minimum absolute atomic E-state index is 0.307. The molecule has 0 atom stereocenters. The molecule has 1 heterocycles. The number of methoxy groups -OCH3 is 1. The van der Waals surface area contributed by atoms with Crippen LogP contribution in [0.25, 0.3) is 11.0 Å². The third kappa shape index (κ3) is 4.59. The summed E-state index contributed by atoms with van der Waals surface area (Å²) in [6.45, 7) is 7.04. The van der Waals surface area contributed by atoms with Crippen LogP contribution in [0, 0.1) is 13.8 Å². The standard InChI is InChI=1S/C22H25NO3/c1-16-4-7-18(8-5-16)14-23(10-11-25-3)15-19-13-22(24)26-21-9-6-17(2)12-20(19)21/h4-9,12-13H,10-11,14-15H2,1-3H3. The molecular weight excluding hydrogens is 326 g/mol. The number of nitrogens with zero attached hydrogens (tertiary/aromatic N) is 1. The van der Waals surface area contributed by atoms with Gasteiger partial charge in [-0.1, -0.05) is 41.5 Å². The quantitative estimate of drug-likeness (QED) is 0.602. The van der Waals surface area contributed by atoms with Crippen LogP contribution >= 0.6 is 0 Å². The van der Waals surface area contributed by atoms with Crippen molar-refractivity contribution < 1.29 is 9.15 Å². The smallest absolute Gasteiger partial charge is 0.336 e. The SMILES string of the molecule is COCCN(Cc1ccc(C)cc1)Cc1cc(=O)oc2ccc(C)cc12. The molecule has 1 aromatic heterocycles. The Morgan fingerprint density at radius 2 is 1.69 bits per heavy atom. The lowest BCUT2D eigenvalue weighted by Gasteiger charge is -2.23. The first-order valence-corrected chi connectivity index (χ1v) is 8.85. The van der Waals surface area contributed by atoms with Gasteiger partial charge in [0, 0.05) is 38.2 Å². The van der Waals surface area contributed by atoms with Crippen molar-refractivity contribution in [1.29, 1.82) is 0 Å². The van der Waals surface area contributed by atoms with Crippen molar-refractivity contribution in [2.24, 2.45) is 0 Å². The molecule has 0 unspecified atom stereocenters. The maximum Gasteiger partial charge on any atom is 0.336 e. The van der Waals surface area contributed by atoms with Gasteiger partial charge in [0.15, 0.2) is 0 Å². The third-order valence-electron chi connectivity index (χ3n) is 4.52. The average molecular weight is 351 g/mol. The number of benzene rings is 2. The van der Waals surface area contributed by atoms with Gasteiger partial charge in [0.1, 0.15) is 5.58 Å². The highest BCUT2D eigenvalue weighted by atomic mass is 16.5. The summed E-state index contributed by atoms with van der Waals surface area (Å²) in [5.74, 6) is 0. The second-order valence-electron chi connectivity index (χ2n) is 6.78. The van der Waals surface area contributed by atoms with E-state index in [-0.39, 0.29) is 5.63 Å². The van der Waals surface area contributed by atoms with E-state index in [0.29, 0.717) is 18.7 Å². The van der Waals surface area contributed by atoms with Crippen LogP contribution in [-0.2, 0) is 17.8 Å². The molecule has 0 saturated heterocycles. The highest BCUT2D eigenvalue weighted by Gasteiger charge is 2.12. The van der Waals surface area contributed by atoms with E-state index in [1.54, 1.807) is 13.2 Å².